The number of carbonyl (C=O) groups excluding carboxylic acids is 1. The minimum atomic E-state index is -0.188. The Morgan fingerprint density at radius 1 is 1.29 bits per heavy atom. The van der Waals surface area contributed by atoms with Gasteiger partial charge in [0.15, 0.2) is 0 Å². The van der Waals surface area contributed by atoms with Gasteiger partial charge in [-0.25, -0.2) is 4.79 Å². The molecule has 2 aromatic rings. The molecule has 0 amide bonds. The van der Waals surface area contributed by atoms with Crippen LogP contribution >= 0.6 is 0 Å². The van der Waals surface area contributed by atoms with Crippen LogP contribution in [0.3, 0.4) is 0 Å². The number of hydrogen-bond acceptors (Lipinski definition) is 3. The van der Waals surface area contributed by atoms with Gasteiger partial charge < -0.3 is 15.3 Å². The second kappa shape index (κ2) is 4.97. The van der Waals surface area contributed by atoms with E-state index in [0.717, 1.165) is 29.6 Å². The zero-order valence-corrected chi connectivity index (χ0v) is 9.67. The van der Waals surface area contributed by atoms with Crippen molar-refractivity contribution in [1.29, 1.82) is 0 Å². The second-order valence-electron chi connectivity index (χ2n) is 4.09. The van der Waals surface area contributed by atoms with Crippen molar-refractivity contribution in [1.82, 2.24) is 15.3 Å². The highest BCUT2D eigenvalue weighted by atomic mass is 16.1. The molecule has 90 valence electrons. The first-order valence-electron chi connectivity index (χ1n) is 5.56. The maximum Gasteiger partial charge on any atom is 0.323 e. The van der Waals surface area contributed by atoms with Crippen LogP contribution in [0, 0.1) is 0 Å². The maximum atomic E-state index is 11.1. The van der Waals surface area contributed by atoms with E-state index in [1.54, 1.807) is 6.92 Å². The van der Waals surface area contributed by atoms with Crippen molar-refractivity contribution in [3.63, 3.8) is 0 Å². The fourth-order valence-corrected chi connectivity index (χ4v) is 1.73. The molecule has 1 aromatic carbocycles. The third-order valence-electron chi connectivity index (χ3n) is 2.54. The third kappa shape index (κ3) is 3.04. The fourth-order valence-electron chi connectivity index (χ4n) is 1.73. The normalized spacial score (nSPS) is 10.9. The second-order valence-corrected chi connectivity index (χ2v) is 4.09. The van der Waals surface area contributed by atoms with Crippen molar-refractivity contribution in [2.24, 2.45) is 0 Å². The zero-order chi connectivity index (χ0) is 12.3. The minimum absolute atomic E-state index is 0.135. The molecule has 1 heterocycles. The SMILES string of the molecule is CC(=O)CNCCc1ccc2[nH]c(=O)[nH]c2c1. The van der Waals surface area contributed by atoms with Gasteiger partial charge in [-0.05, 0) is 37.6 Å². The number of rotatable bonds is 5. The number of fused-ring (bicyclic) bond motifs is 1. The number of ketones is 1. The first-order chi connectivity index (χ1) is 8.15. The molecule has 0 bridgehead atoms. The molecule has 0 spiro atoms. The monoisotopic (exact) mass is 233 g/mol. The summed E-state index contributed by atoms with van der Waals surface area (Å²) >= 11 is 0. The van der Waals surface area contributed by atoms with Crippen molar-refractivity contribution in [2.75, 3.05) is 13.1 Å². The van der Waals surface area contributed by atoms with E-state index in [0.29, 0.717) is 6.54 Å². The number of benzene rings is 1. The molecular formula is C12H15N3O2. The van der Waals surface area contributed by atoms with Crippen LogP contribution < -0.4 is 11.0 Å². The van der Waals surface area contributed by atoms with Crippen LogP contribution in [0.15, 0.2) is 23.0 Å². The van der Waals surface area contributed by atoms with Gasteiger partial charge >= 0.3 is 5.69 Å². The predicted octanol–water partition coefficient (Wildman–Crippen LogP) is 0.577. The summed E-state index contributed by atoms with van der Waals surface area (Å²) in [5.41, 5.74) is 2.57. The molecule has 1 aromatic heterocycles. The molecule has 0 aliphatic carbocycles. The van der Waals surface area contributed by atoms with Crippen molar-refractivity contribution in [3.05, 3.63) is 34.2 Å². The largest absolute Gasteiger partial charge is 0.323 e. The van der Waals surface area contributed by atoms with Gasteiger partial charge in [-0.2, -0.15) is 0 Å². The quantitative estimate of drug-likeness (QED) is 0.661. The highest BCUT2D eigenvalue weighted by Gasteiger charge is 2.00. The summed E-state index contributed by atoms with van der Waals surface area (Å²) in [6.07, 6.45) is 0.830. The van der Waals surface area contributed by atoms with Gasteiger partial charge in [0.2, 0.25) is 0 Å². The minimum Gasteiger partial charge on any atom is -0.310 e. The molecular weight excluding hydrogens is 218 g/mol. The van der Waals surface area contributed by atoms with Gasteiger partial charge in [0.05, 0.1) is 17.6 Å². The van der Waals surface area contributed by atoms with E-state index >= 15 is 0 Å². The summed E-state index contributed by atoms with van der Waals surface area (Å²) in [7, 11) is 0. The Morgan fingerprint density at radius 2 is 2.06 bits per heavy atom. The van der Waals surface area contributed by atoms with Crippen LogP contribution in [0.5, 0.6) is 0 Å². The van der Waals surface area contributed by atoms with Crippen LogP contribution in [-0.2, 0) is 11.2 Å². The fraction of sp³-hybridized carbons (Fsp3) is 0.333. The Bertz CT molecular complexity index is 583. The van der Waals surface area contributed by atoms with Crippen LogP contribution in [0.25, 0.3) is 11.0 Å². The molecule has 5 nitrogen and oxygen atoms in total. The van der Waals surface area contributed by atoms with Crippen LogP contribution in [0.2, 0.25) is 0 Å². The molecule has 0 fully saturated rings. The molecule has 0 atom stereocenters. The molecule has 0 aliphatic rings. The smallest absolute Gasteiger partial charge is 0.310 e. The number of H-pyrrole nitrogens is 2. The average molecular weight is 233 g/mol. The molecule has 3 N–H and O–H groups in total. The van der Waals surface area contributed by atoms with Gasteiger partial charge in [-0.15, -0.1) is 0 Å². The maximum absolute atomic E-state index is 11.1. The molecule has 2 rings (SSSR count). The van der Waals surface area contributed by atoms with E-state index in [1.165, 1.54) is 0 Å². The van der Waals surface area contributed by atoms with E-state index in [4.69, 9.17) is 0 Å². The van der Waals surface area contributed by atoms with Crippen molar-refractivity contribution in [3.8, 4) is 0 Å². The Labute approximate surface area is 98.2 Å². The number of aromatic amines is 2. The molecule has 0 saturated carbocycles. The summed E-state index contributed by atoms with van der Waals surface area (Å²) in [6, 6.07) is 5.80. The molecule has 0 aliphatic heterocycles. The zero-order valence-electron chi connectivity index (χ0n) is 9.67. The lowest BCUT2D eigenvalue weighted by Gasteiger charge is -2.02. The lowest BCUT2D eigenvalue weighted by molar-refractivity contribution is -0.116. The van der Waals surface area contributed by atoms with Crippen molar-refractivity contribution < 1.29 is 4.79 Å². The van der Waals surface area contributed by atoms with E-state index in [9.17, 15) is 9.59 Å². The summed E-state index contributed by atoms with van der Waals surface area (Å²) in [5, 5.41) is 3.06. The highest BCUT2D eigenvalue weighted by molar-refractivity contribution is 5.77. The van der Waals surface area contributed by atoms with Crippen molar-refractivity contribution >= 4 is 16.8 Å². The predicted molar refractivity (Wildman–Crippen MR) is 66.2 cm³/mol. The summed E-state index contributed by atoms with van der Waals surface area (Å²) in [5.74, 6) is 0.135. The molecule has 0 radical (unpaired) electrons. The number of Topliss-reactive ketones (excluding diaryl/α,β-unsaturated/α-hetero) is 1. The third-order valence-corrected chi connectivity index (χ3v) is 2.54. The topological polar surface area (TPSA) is 77.8 Å². The van der Waals surface area contributed by atoms with Crippen LogP contribution in [0.1, 0.15) is 12.5 Å². The van der Waals surface area contributed by atoms with E-state index < -0.39 is 0 Å². The number of aromatic nitrogens is 2. The number of nitrogens with one attached hydrogen (secondary N) is 3. The number of imidazole rings is 1. The lowest BCUT2D eigenvalue weighted by Crippen LogP contribution is -2.23. The standard InChI is InChI=1S/C12H15N3O2/c1-8(16)7-13-5-4-9-2-3-10-11(6-9)15-12(17)14-10/h2-3,6,13H,4-5,7H2,1H3,(H2,14,15,17). The van der Waals surface area contributed by atoms with Crippen LogP contribution in [0.4, 0.5) is 0 Å². The molecule has 17 heavy (non-hydrogen) atoms. The van der Waals surface area contributed by atoms with Gasteiger partial charge in [0.25, 0.3) is 0 Å². The van der Waals surface area contributed by atoms with E-state index in [-0.39, 0.29) is 11.5 Å². The highest BCUT2D eigenvalue weighted by Crippen LogP contribution is 2.10. The average Bonchev–Trinajstić information content (AvgIpc) is 2.63. The molecule has 0 unspecified atom stereocenters. The Morgan fingerprint density at radius 3 is 2.82 bits per heavy atom. The summed E-state index contributed by atoms with van der Waals surface area (Å²) in [6.45, 7) is 2.71. The number of hydrogen-bond donors (Lipinski definition) is 3. The van der Waals surface area contributed by atoms with Gasteiger partial charge in [-0.3, -0.25) is 4.79 Å². The van der Waals surface area contributed by atoms with Crippen molar-refractivity contribution in [2.45, 2.75) is 13.3 Å². The van der Waals surface area contributed by atoms with Gasteiger partial charge in [0.1, 0.15) is 5.78 Å². The molecule has 5 heteroatoms. The van der Waals surface area contributed by atoms with E-state index in [1.807, 2.05) is 18.2 Å². The van der Waals surface area contributed by atoms with Crippen LogP contribution in [-0.4, -0.2) is 28.8 Å². The first-order valence-corrected chi connectivity index (χ1v) is 5.56. The van der Waals surface area contributed by atoms with E-state index in [2.05, 4.69) is 15.3 Å². The summed E-state index contributed by atoms with van der Waals surface area (Å²) < 4.78 is 0. The summed E-state index contributed by atoms with van der Waals surface area (Å²) in [4.78, 5) is 27.2. The Balaban J connectivity index is 1.99. The Hall–Kier alpha value is -1.88. The van der Waals surface area contributed by atoms with Gasteiger partial charge in [-0.1, -0.05) is 6.07 Å². The molecule has 0 saturated heterocycles. The van der Waals surface area contributed by atoms with Gasteiger partial charge in [0, 0.05) is 0 Å². The Kier molecular flexibility index (Phi) is 3.39. The number of carbonyl (C=O) groups is 1. The first kappa shape index (κ1) is 11.6. The lowest BCUT2D eigenvalue weighted by atomic mass is 10.1.